The van der Waals surface area contributed by atoms with E-state index in [1.54, 1.807) is 0 Å². The number of aliphatic carboxylic acids is 1. The van der Waals surface area contributed by atoms with Gasteiger partial charge in [0.15, 0.2) is 0 Å². The molecule has 8 nitrogen and oxygen atoms in total. The Kier molecular flexibility index (Phi) is 5.18. The van der Waals surface area contributed by atoms with Crippen molar-refractivity contribution in [3.8, 4) is 5.69 Å². The molecule has 0 saturated carbocycles. The normalized spacial score (nSPS) is 13.5. The third-order valence-electron chi connectivity index (χ3n) is 4.61. The molecule has 0 aliphatic rings. The molecule has 0 aliphatic carbocycles. The fourth-order valence-electron chi connectivity index (χ4n) is 3.10. The predicted octanol–water partition coefficient (Wildman–Crippen LogP) is 2.71. The lowest BCUT2D eigenvalue weighted by atomic mass is 10.2. The maximum Gasteiger partial charge on any atom is 0.449 e. The quantitative estimate of drug-likeness (QED) is 0.597. The van der Waals surface area contributed by atoms with Crippen LogP contribution >= 0.6 is 0 Å². The first-order valence-electron chi connectivity index (χ1n) is 8.47. The Morgan fingerprint density at radius 1 is 1.06 bits per heavy atom. The summed E-state index contributed by atoms with van der Waals surface area (Å²) in [6.07, 6.45) is -10.2. The number of halogens is 7. The number of hydrogen-bond donors (Lipinski definition) is 1. The maximum atomic E-state index is 14.7. The summed E-state index contributed by atoms with van der Waals surface area (Å²) >= 11 is 0. The van der Waals surface area contributed by atoms with Gasteiger partial charge >= 0.3 is 24.0 Å². The Balaban J connectivity index is 2.43. The zero-order valence-electron chi connectivity index (χ0n) is 15.9. The van der Waals surface area contributed by atoms with Crippen molar-refractivity contribution in [1.82, 2.24) is 18.7 Å². The Labute approximate surface area is 171 Å². The van der Waals surface area contributed by atoms with Gasteiger partial charge in [-0.3, -0.25) is 9.36 Å². The van der Waals surface area contributed by atoms with Crippen LogP contribution in [0.5, 0.6) is 0 Å². The van der Waals surface area contributed by atoms with Crippen molar-refractivity contribution in [3.63, 3.8) is 0 Å². The first-order valence-corrected chi connectivity index (χ1v) is 8.47. The number of imidazole rings is 1. The monoisotopic (exact) mass is 468 g/mol. The largest absolute Gasteiger partial charge is 0.480 e. The number of carboxylic acids is 1. The molecule has 172 valence electrons. The third-order valence-corrected chi connectivity index (χ3v) is 4.61. The molecule has 0 bridgehead atoms. The van der Waals surface area contributed by atoms with Gasteiger partial charge in [-0.15, -0.1) is 0 Å². The van der Waals surface area contributed by atoms with E-state index >= 15 is 0 Å². The molecule has 0 fully saturated rings. The first kappa shape index (κ1) is 23.0. The molecular weight excluding hydrogens is 457 g/mol. The van der Waals surface area contributed by atoms with Gasteiger partial charge < -0.3 is 9.67 Å². The lowest BCUT2D eigenvalue weighted by molar-refractivity contribution is -0.150. The molecular formula is C17H11F7N4O4. The molecule has 0 saturated heterocycles. The highest BCUT2D eigenvalue weighted by Gasteiger charge is 2.40. The van der Waals surface area contributed by atoms with Crippen molar-refractivity contribution in [2.75, 3.05) is 0 Å². The van der Waals surface area contributed by atoms with Crippen molar-refractivity contribution in [2.24, 2.45) is 7.05 Å². The van der Waals surface area contributed by atoms with Gasteiger partial charge in [0.05, 0.1) is 16.7 Å². The van der Waals surface area contributed by atoms with Gasteiger partial charge in [-0.2, -0.15) is 26.3 Å². The van der Waals surface area contributed by atoms with E-state index in [4.69, 9.17) is 0 Å². The number of carbonyl (C=O) groups is 1. The van der Waals surface area contributed by atoms with Crippen molar-refractivity contribution in [1.29, 1.82) is 0 Å². The molecule has 1 N–H and O–H groups in total. The number of fused-ring (bicyclic) bond motifs is 1. The third kappa shape index (κ3) is 3.62. The minimum Gasteiger partial charge on any atom is -0.480 e. The summed E-state index contributed by atoms with van der Waals surface area (Å²) < 4.78 is 94.0. The van der Waals surface area contributed by atoms with Gasteiger partial charge in [0, 0.05) is 19.2 Å². The second-order valence-electron chi connectivity index (χ2n) is 6.65. The zero-order valence-corrected chi connectivity index (χ0v) is 15.9. The van der Waals surface area contributed by atoms with Crippen molar-refractivity contribution in [3.05, 3.63) is 56.4 Å². The average molecular weight is 468 g/mol. The Morgan fingerprint density at radius 3 is 2.16 bits per heavy atom. The molecule has 0 spiro atoms. The van der Waals surface area contributed by atoms with Crippen molar-refractivity contribution < 1.29 is 40.6 Å². The molecule has 3 aromatic rings. The lowest BCUT2D eigenvalue weighted by Gasteiger charge is -2.16. The average Bonchev–Trinajstić information content (AvgIpc) is 3.01. The molecule has 0 aliphatic heterocycles. The van der Waals surface area contributed by atoms with E-state index in [1.165, 1.54) is 0 Å². The van der Waals surface area contributed by atoms with Crippen LogP contribution in [0.4, 0.5) is 30.7 Å². The number of rotatable bonds is 3. The Hall–Kier alpha value is -3.65. The first-order chi connectivity index (χ1) is 14.6. The van der Waals surface area contributed by atoms with E-state index in [0.717, 1.165) is 6.92 Å². The minimum atomic E-state index is -5.15. The van der Waals surface area contributed by atoms with Crippen molar-refractivity contribution in [2.45, 2.75) is 25.3 Å². The second kappa shape index (κ2) is 7.20. The number of aromatic nitrogens is 4. The van der Waals surface area contributed by atoms with Gasteiger partial charge in [0.1, 0.15) is 17.6 Å². The number of carboxylic acid groups (broad SMARTS) is 1. The molecule has 15 heteroatoms. The summed E-state index contributed by atoms with van der Waals surface area (Å²) in [6, 6.07) is -0.887. The van der Waals surface area contributed by atoms with E-state index in [-0.39, 0.29) is 19.8 Å². The number of nitrogens with zero attached hydrogens (tertiary/aromatic N) is 4. The molecule has 0 amide bonds. The molecule has 2 heterocycles. The highest BCUT2D eigenvalue weighted by Crippen LogP contribution is 2.35. The second-order valence-corrected chi connectivity index (χ2v) is 6.65. The summed E-state index contributed by atoms with van der Waals surface area (Å²) in [5.74, 6) is -4.84. The van der Waals surface area contributed by atoms with Crippen LogP contribution in [0.3, 0.4) is 0 Å². The van der Waals surface area contributed by atoms with E-state index in [2.05, 4.69) is 4.98 Å². The zero-order chi connectivity index (χ0) is 24.3. The van der Waals surface area contributed by atoms with Gasteiger partial charge in [0.25, 0.3) is 5.56 Å². The summed E-state index contributed by atoms with van der Waals surface area (Å²) in [5.41, 5.74) is -7.11. The standard InChI is InChI=1S/C17H11F7N4O4/c1-6(13(30)31)27-10-4-9(7(18)3-8(10)25-14(27)17(22,23)24)28-12(29)5-11(16(19,20)21)26(2)15(28)32/h3-6H,1-2H3,(H,30,31). The molecule has 1 unspecified atom stereocenters. The van der Waals surface area contributed by atoms with Gasteiger partial charge in [-0.25, -0.2) is 23.5 Å². The number of hydrogen-bond acceptors (Lipinski definition) is 4. The van der Waals surface area contributed by atoms with Crippen LogP contribution in [0.15, 0.2) is 27.8 Å². The van der Waals surface area contributed by atoms with Gasteiger partial charge in [0.2, 0.25) is 5.82 Å². The Bertz CT molecular complexity index is 1360. The molecule has 0 radical (unpaired) electrons. The summed E-state index contributed by atoms with van der Waals surface area (Å²) in [7, 11) is 0.663. The topological polar surface area (TPSA) is 99.1 Å². The lowest BCUT2D eigenvalue weighted by Crippen LogP contribution is -2.41. The summed E-state index contributed by atoms with van der Waals surface area (Å²) in [6.45, 7) is 0.880. The fourth-order valence-corrected chi connectivity index (χ4v) is 3.10. The summed E-state index contributed by atoms with van der Waals surface area (Å²) in [5, 5.41) is 9.17. The number of benzene rings is 1. The number of alkyl halides is 6. The minimum absolute atomic E-state index is 0.0138. The predicted molar refractivity (Wildman–Crippen MR) is 92.9 cm³/mol. The SMILES string of the molecule is CC(C(=O)O)n1c(C(F)(F)F)nc2cc(F)c(-n3c(=O)cc(C(F)(F)F)n(C)c3=O)cc21. The van der Waals surface area contributed by atoms with Gasteiger partial charge in [-0.05, 0) is 13.0 Å². The van der Waals surface area contributed by atoms with E-state index < -0.39 is 69.7 Å². The molecule has 2 aromatic heterocycles. The molecule has 1 aromatic carbocycles. The van der Waals surface area contributed by atoms with E-state index in [0.29, 0.717) is 19.2 Å². The molecule has 1 atom stereocenters. The smallest absolute Gasteiger partial charge is 0.449 e. The molecule has 32 heavy (non-hydrogen) atoms. The van der Waals surface area contributed by atoms with Crippen LogP contribution in [0, 0.1) is 5.82 Å². The highest BCUT2D eigenvalue weighted by molar-refractivity contribution is 5.82. The van der Waals surface area contributed by atoms with Crippen LogP contribution in [-0.2, 0) is 24.2 Å². The van der Waals surface area contributed by atoms with Crippen LogP contribution in [-0.4, -0.2) is 29.8 Å². The summed E-state index contributed by atoms with van der Waals surface area (Å²) in [4.78, 5) is 39.2. The van der Waals surface area contributed by atoms with Crippen LogP contribution < -0.4 is 11.2 Å². The van der Waals surface area contributed by atoms with Crippen LogP contribution in [0.2, 0.25) is 0 Å². The van der Waals surface area contributed by atoms with E-state index in [1.807, 2.05) is 0 Å². The maximum absolute atomic E-state index is 14.7. The fraction of sp³-hybridized carbons (Fsp3) is 0.294. The van der Waals surface area contributed by atoms with Crippen LogP contribution in [0.1, 0.15) is 24.5 Å². The Morgan fingerprint density at radius 2 is 1.66 bits per heavy atom. The van der Waals surface area contributed by atoms with Gasteiger partial charge in [-0.1, -0.05) is 0 Å². The van der Waals surface area contributed by atoms with Crippen LogP contribution in [0.25, 0.3) is 16.7 Å². The highest BCUT2D eigenvalue weighted by atomic mass is 19.4. The van der Waals surface area contributed by atoms with E-state index in [9.17, 15) is 50.2 Å². The van der Waals surface area contributed by atoms with Crippen molar-refractivity contribution >= 4 is 17.0 Å². The molecule has 3 rings (SSSR count).